The van der Waals surface area contributed by atoms with E-state index in [1.165, 1.54) is 39.3 Å². The zero-order chi connectivity index (χ0) is 22.8. The van der Waals surface area contributed by atoms with Crippen molar-refractivity contribution in [2.75, 3.05) is 18.4 Å². The highest BCUT2D eigenvalue weighted by Gasteiger charge is 2.23. The van der Waals surface area contributed by atoms with Gasteiger partial charge in [0.25, 0.3) is 5.91 Å². The third-order valence-corrected chi connectivity index (χ3v) is 6.90. The van der Waals surface area contributed by atoms with Crippen LogP contribution in [0, 0.1) is 19.7 Å². The van der Waals surface area contributed by atoms with E-state index in [0.29, 0.717) is 30.2 Å². The molecule has 164 valence electrons. The molecule has 0 aliphatic carbocycles. The van der Waals surface area contributed by atoms with Gasteiger partial charge < -0.3 is 5.32 Å². The summed E-state index contributed by atoms with van der Waals surface area (Å²) in [5.41, 5.74) is 1.20. The average molecular weight is 447 g/mol. The van der Waals surface area contributed by atoms with E-state index in [1.807, 2.05) is 0 Å². The number of nitrogens with one attached hydrogen (secondary N) is 1. The van der Waals surface area contributed by atoms with Gasteiger partial charge in [-0.05, 0) is 60.2 Å². The van der Waals surface area contributed by atoms with E-state index in [0.717, 1.165) is 0 Å². The molecular formula is C20H23FN6O3S. The number of hydrogen-bond acceptors (Lipinski definition) is 6. The van der Waals surface area contributed by atoms with Crippen molar-refractivity contribution in [3.63, 3.8) is 0 Å². The Bertz CT molecular complexity index is 1220. The van der Waals surface area contributed by atoms with Gasteiger partial charge in [0.2, 0.25) is 10.0 Å². The van der Waals surface area contributed by atoms with Gasteiger partial charge in [-0.1, -0.05) is 19.9 Å². The van der Waals surface area contributed by atoms with Crippen molar-refractivity contribution in [1.82, 2.24) is 24.5 Å². The third kappa shape index (κ3) is 4.47. The third-order valence-electron chi connectivity index (χ3n) is 4.85. The minimum absolute atomic E-state index is 0.0380. The van der Waals surface area contributed by atoms with Crippen molar-refractivity contribution < 1.29 is 17.6 Å². The smallest absolute Gasteiger partial charge is 0.255 e. The molecular weight excluding hydrogens is 423 g/mol. The fraction of sp³-hybridized carbons (Fsp3) is 0.300. The SMILES string of the molecule is CCN(CC)S(=O)(=O)c1ccc(C)c(C(=O)Nc2ccc(F)c(-n3nnnc3C)c2)c1. The maximum absolute atomic E-state index is 14.3. The van der Waals surface area contributed by atoms with Crippen LogP contribution in [0.1, 0.15) is 35.6 Å². The lowest BCUT2D eigenvalue weighted by atomic mass is 10.1. The summed E-state index contributed by atoms with van der Waals surface area (Å²) >= 11 is 0. The van der Waals surface area contributed by atoms with Crippen LogP contribution in [0.4, 0.5) is 10.1 Å². The first-order valence-electron chi connectivity index (χ1n) is 9.66. The van der Waals surface area contributed by atoms with Crippen LogP contribution < -0.4 is 5.32 Å². The Morgan fingerprint density at radius 1 is 1.13 bits per heavy atom. The Kier molecular flexibility index (Phi) is 6.46. The second-order valence-electron chi connectivity index (χ2n) is 6.82. The first-order valence-corrected chi connectivity index (χ1v) is 11.1. The molecule has 0 spiro atoms. The molecule has 0 atom stereocenters. The minimum atomic E-state index is -3.72. The number of sulfonamides is 1. The molecule has 0 saturated heterocycles. The number of nitrogens with zero attached hydrogens (tertiary/aromatic N) is 5. The molecule has 0 unspecified atom stereocenters. The maximum atomic E-state index is 14.3. The molecule has 31 heavy (non-hydrogen) atoms. The van der Waals surface area contributed by atoms with Crippen molar-refractivity contribution in [2.45, 2.75) is 32.6 Å². The van der Waals surface area contributed by atoms with Gasteiger partial charge in [0.1, 0.15) is 11.5 Å². The van der Waals surface area contributed by atoms with Crippen molar-refractivity contribution >= 4 is 21.6 Å². The monoisotopic (exact) mass is 446 g/mol. The second-order valence-corrected chi connectivity index (χ2v) is 8.76. The largest absolute Gasteiger partial charge is 0.322 e. The van der Waals surface area contributed by atoms with Crippen molar-refractivity contribution in [3.05, 3.63) is 59.2 Å². The van der Waals surface area contributed by atoms with Crippen LogP contribution in [-0.2, 0) is 10.0 Å². The highest BCUT2D eigenvalue weighted by Crippen LogP contribution is 2.23. The van der Waals surface area contributed by atoms with Gasteiger partial charge in [0, 0.05) is 24.3 Å². The molecule has 3 rings (SSSR count). The molecule has 1 amide bonds. The van der Waals surface area contributed by atoms with Crippen LogP contribution in [0.15, 0.2) is 41.3 Å². The minimum Gasteiger partial charge on any atom is -0.322 e. The summed E-state index contributed by atoms with van der Waals surface area (Å²) in [5, 5.41) is 13.7. The fourth-order valence-electron chi connectivity index (χ4n) is 3.12. The van der Waals surface area contributed by atoms with Crippen molar-refractivity contribution in [3.8, 4) is 5.69 Å². The summed E-state index contributed by atoms with van der Waals surface area (Å²) in [7, 11) is -3.72. The first kappa shape index (κ1) is 22.5. The van der Waals surface area contributed by atoms with E-state index in [-0.39, 0.29) is 16.1 Å². The number of carbonyl (C=O) groups is 1. The molecule has 9 nitrogen and oxygen atoms in total. The van der Waals surface area contributed by atoms with Crippen LogP contribution in [0.25, 0.3) is 5.69 Å². The zero-order valence-electron chi connectivity index (χ0n) is 17.6. The number of tetrazole rings is 1. The Morgan fingerprint density at radius 2 is 1.84 bits per heavy atom. The molecule has 1 N–H and O–H groups in total. The number of halogens is 1. The molecule has 11 heteroatoms. The summed E-state index contributed by atoms with van der Waals surface area (Å²) in [4.78, 5) is 13.0. The fourth-order valence-corrected chi connectivity index (χ4v) is 4.61. The molecule has 1 aromatic heterocycles. The van der Waals surface area contributed by atoms with Crippen LogP contribution in [-0.4, -0.2) is 51.9 Å². The van der Waals surface area contributed by atoms with Crippen LogP contribution in [0.3, 0.4) is 0 Å². The summed E-state index contributed by atoms with van der Waals surface area (Å²) in [6, 6.07) is 8.43. The highest BCUT2D eigenvalue weighted by atomic mass is 32.2. The Morgan fingerprint density at radius 3 is 2.45 bits per heavy atom. The number of carbonyl (C=O) groups excluding carboxylic acids is 1. The molecule has 0 fully saturated rings. The molecule has 0 saturated carbocycles. The number of benzene rings is 2. The van der Waals surface area contributed by atoms with Gasteiger partial charge in [0.05, 0.1) is 4.90 Å². The molecule has 0 aliphatic heterocycles. The van der Waals surface area contributed by atoms with E-state index < -0.39 is 21.7 Å². The maximum Gasteiger partial charge on any atom is 0.255 e. The van der Waals surface area contributed by atoms with E-state index in [9.17, 15) is 17.6 Å². The van der Waals surface area contributed by atoms with Gasteiger partial charge in [0.15, 0.2) is 5.82 Å². The van der Waals surface area contributed by atoms with E-state index in [2.05, 4.69) is 20.8 Å². The summed E-state index contributed by atoms with van der Waals surface area (Å²) in [6.45, 7) is 7.48. The normalized spacial score (nSPS) is 11.7. The lowest BCUT2D eigenvalue weighted by Crippen LogP contribution is -2.30. The highest BCUT2D eigenvalue weighted by molar-refractivity contribution is 7.89. The molecule has 1 heterocycles. The molecule has 0 bridgehead atoms. The Hall–Kier alpha value is -3.18. The average Bonchev–Trinajstić information content (AvgIpc) is 3.16. The van der Waals surface area contributed by atoms with Crippen LogP contribution in [0.5, 0.6) is 0 Å². The number of aromatic nitrogens is 4. The number of amides is 1. The Labute approximate surface area is 179 Å². The summed E-state index contributed by atoms with van der Waals surface area (Å²) in [6.07, 6.45) is 0. The summed E-state index contributed by atoms with van der Waals surface area (Å²) in [5.74, 6) is -0.690. The topological polar surface area (TPSA) is 110 Å². The second kappa shape index (κ2) is 8.90. The number of anilines is 1. The first-order chi connectivity index (χ1) is 14.7. The zero-order valence-corrected chi connectivity index (χ0v) is 18.4. The summed E-state index contributed by atoms with van der Waals surface area (Å²) < 4.78 is 42.4. The molecule has 0 aliphatic rings. The van der Waals surface area contributed by atoms with Gasteiger partial charge >= 0.3 is 0 Å². The molecule has 0 radical (unpaired) electrons. The lowest BCUT2D eigenvalue weighted by Gasteiger charge is -2.19. The van der Waals surface area contributed by atoms with Crippen molar-refractivity contribution in [2.24, 2.45) is 0 Å². The molecule has 3 aromatic rings. The standard InChI is InChI=1S/C20H23FN6O3S/c1-5-26(6-2)31(29,30)16-9-7-13(3)17(12-16)20(28)22-15-8-10-18(21)19(11-15)27-14(4)23-24-25-27/h7-12H,5-6H2,1-4H3,(H,22,28). The van der Waals surface area contributed by atoms with Gasteiger partial charge in [-0.2, -0.15) is 8.99 Å². The van der Waals surface area contributed by atoms with E-state index in [1.54, 1.807) is 33.8 Å². The number of hydrogen-bond donors (Lipinski definition) is 1. The van der Waals surface area contributed by atoms with Gasteiger partial charge in [-0.3, -0.25) is 4.79 Å². The van der Waals surface area contributed by atoms with E-state index in [4.69, 9.17) is 0 Å². The van der Waals surface area contributed by atoms with Crippen LogP contribution >= 0.6 is 0 Å². The van der Waals surface area contributed by atoms with Crippen LogP contribution in [0.2, 0.25) is 0 Å². The predicted molar refractivity (Wildman–Crippen MR) is 113 cm³/mol. The van der Waals surface area contributed by atoms with Crippen molar-refractivity contribution in [1.29, 1.82) is 0 Å². The quantitative estimate of drug-likeness (QED) is 0.598. The number of aryl methyl sites for hydroxylation is 2. The predicted octanol–water partition coefficient (Wildman–Crippen LogP) is 2.70. The van der Waals surface area contributed by atoms with E-state index >= 15 is 0 Å². The molecule has 2 aromatic carbocycles. The van der Waals surface area contributed by atoms with Gasteiger partial charge in [-0.15, -0.1) is 5.10 Å². The lowest BCUT2D eigenvalue weighted by molar-refractivity contribution is 0.102. The Balaban J connectivity index is 1.94. The number of rotatable bonds is 7. The van der Waals surface area contributed by atoms with Gasteiger partial charge in [-0.25, -0.2) is 12.8 Å².